The molecule has 4 aliphatic rings. The lowest BCUT2D eigenvalue weighted by molar-refractivity contribution is -0.0143. The molecule has 0 aromatic rings. The lowest BCUT2D eigenvalue weighted by Crippen LogP contribution is -2.50. The van der Waals surface area contributed by atoms with Gasteiger partial charge in [0.2, 0.25) is 0 Å². The van der Waals surface area contributed by atoms with Crippen LogP contribution in [0.5, 0.6) is 0 Å². The summed E-state index contributed by atoms with van der Waals surface area (Å²) in [5.41, 5.74) is 2.46. The van der Waals surface area contributed by atoms with Crippen molar-refractivity contribution in [2.24, 2.45) is 23.2 Å². The Hall–Kier alpha value is -0.300. The van der Waals surface area contributed by atoms with Crippen molar-refractivity contribution in [2.75, 3.05) is 13.1 Å². The van der Waals surface area contributed by atoms with Crippen molar-refractivity contribution in [3.8, 4) is 0 Å². The molecule has 2 bridgehead atoms. The van der Waals surface area contributed by atoms with Crippen LogP contribution in [0.15, 0.2) is 11.6 Å². The molecule has 0 aromatic heterocycles. The van der Waals surface area contributed by atoms with Crippen LogP contribution in [0.4, 0.5) is 0 Å². The number of hydrogen-bond donors (Lipinski definition) is 1. The third kappa shape index (κ3) is 1.39. The number of rotatable bonds is 1. The maximum atomic E-state index is 3.47. The Bertz CT molecular complexity index is 284. The minimum Gasteiger partial charge on any atom is -0.317 e. The Balaban J connectivity index is 1.78. The van der Waals surface area contributed by atoms with Gasteiger partial charge >= 0.3 is 0 Å². The van der Waals surface area contributed by atoms with Crippen LogP contribution in [-0.2, 0) is 0 Å². The molecule has 1 heteroatoms. The summed E-state index contributed by atoms with van der Waals surface area (Å²) in [5.74, 6) is 2.84. The summed E-state index contributed by atoms with van der Waals surface area (Å²) in [4.78, 5) is 0. The number of hydrogen-bond acceptors (Lipinski definition) is 1. The second kappa shape index (κ2) is 3.35. The van der Waals surface area contributed by atoms with Gasteiger partial charge in [-0.25, -0.2) is 0 Å². The Morgan fingerprint density at radius 3 is 2.60 bits per heavy atom. The van der Waals surface area contributed by atoms with Crippen LogP contribution in [0.2, 0.25) is 0 Å². The summed E-state index contributed by atoms with van der Waals surface area (Å²) < 4.78 is 0. The van der Waals surface area contributed by atoms with Gasteiger partial charge in [-0.3, -0.25) is 0 Å². The number of piperidine rings is 1. The molecule has 1 heterocycles. The standard InChI is InChI=1S/C14H23N/c1-14(2)11-3-4-12(13(14)9-11)10-5-7-15-8-6-10/h4,10-11,13,15H,3,5-9H2,1-2H3. The summed E-state index contributed by atoms with van der Waals surface area (Å²) >= 11 is 0. The number of nitrogens with one attached hydrogen (secondary N) is 1. The molecule has 1 saturated carbocycles. The monoisotopic (exact) mass is 205 g/mol. The average Bonchev–Trinajstić information content (AvgIpc) is 2.30. The highest BCUT2D eigenvalue weighted by atomic mass is 14.9. The van der Waals surface area contributed by atoms with E-state index in [1.54, 1.807) is 0 Å². The summed E-state index contributed by atoms with van der Waals surface area (Å²) in [6, 6.07) is 0. The highest BCUT2D eigenvalue weighted by Crippen LogP contribution is 2.61. The highest BCUT2D eigenvalue weighted by molar-refractivity contribution is 5.25. The molecule has 1 nitrogen and oxygen atoms in total. The maximum absolute atomic E-state index is 3.47. The minimum absolute atomic E-state index is 0.620. The Morgan fingerprint density at radius 1 is 1.27 bits per heavy atom. The average molecular weight is 205 g/mol. The molecule has 1 saturated heterocycles. The van der Waals surface area contributed by atoms with Gasteiger partial charge in [0.25, 0.3) is 0 Å². The third-order valence-electron chi connectivity index (χ3n) is 5.32. The van der Waals surface area contributed by atoms with Gasteiger partial charge in [-0.1, -0.05) is 25.5 Å². The van der Waals surface area contributed by atoms with Crippen molar-refractivity contribution in [3.05, 3.63) is 11.6 Å². The van der Waals surface area contributed by atoms with E-state index in [2.05, 4.69) is 25.2 Å². The first-order valence-electron chi connectivity index (χ1n) is 6.60. The lowest BCUT2D eigenvalue weighted by atomic mass is 9.47. The van der Waals surface area contributed by atoms with Crippen molar-refractivity contribution in [1.29, 1.82) is 0 Å². The fraction of sp³-hybridized carbons (Fsp3) is 0.857. The number of allylic oxidation sites excluding steroid dienone is 2. The molecule has 2 atom stereocenters. The molecule has 4 rings (SSSR count). The van der Waals surface area contributed by atoms with Crippen LogP contribution < -0.4 is 5.32 Å². The molecule has 0 radical (unpaired) electrons. The van der Waals surface area contributed by atoms with Crippen molar-refractivity contribution in [1.82, 2.24) is 5.32 Å². The summed E-state index contributed by atoms with van der Waals surface area (Å²) in [6.45, 7) is 7.44. The zero-order valence-corrected chi connectivity index (χ0v) is 10.1. The topological polar surface area (TPSA) is 12.0 Å². The molecule has 1 aliphatic heterocycles. The number of fused-ring (bicyclic) bond motifs is 1. The van der Waals surface area contributed by atoms with Crippen LogP contribution in [0, 0.1) is 23.2 Å². The summed E-state index contributed by atoms with van der Waals surface area (Å²) in [7, 11) is 0. The lowest BCUT2D eigenvalue weighted by Gasteiger charge is -2.58. The van der Waals surface area contributed by atoms with Gasteiger partial charge in [0.15, 0.2) is 0 Å². The van der Waals surface area contributed by atoms with Gasteiger partial charge in [0.1, 0.15) is 0 Å². The van der Waals surface area contributed by atoms with Gasteiger partial charge in [0.05, 0.1) is 0 Å². The van der Waals surface area contributed by atoms with Gasteiger partial charge in [-0.05, 0) is 61.9 Å². The molecule has 2 fully saturated rings. The fourth-order valence-corrected chi connectivity index (χ4v) is 4.01. The molecule has 3 aliphatic carbocycles. The molecule has 0 amide bonds. The van der Waals surface area contributed by atoms with Crippen molar-refractivity contribution in [2.45, 2.75) is 39.5 Å². The van der Waals surface area contributed by atoms with E-state index in [-0.39, 0.29) is 0 Å². The van der Waals surface area contributed by atoms with Crippen LogP contribution in [0.1, 0.15) is 39.5 Å². The fourth-order valence-electron chi connectivity index (χ4n) is 4.01. The van der Waals surface area contributed by atoms with Crippen LogP contribution in [-0.4, -0.2) is 13.1 Å². The van der Waals surface area contributed by atoms with Crippen LogP contribution in [0.25, 0.3) is 0 Å². The first-order valence-corrected chi connectivity index (χ1v) is 6.60. The Labute approximate surface area is 93.3 Å². The minimum atomic E-state index is 0.620. The van der Waals surface area contributed by atoms with E-state index in [0.29, 0.717) is 5.41 Å². The van der Waals surface area contributed by atoms with E-state index in [9.17, 15) is 0 Å². The quantitative estimate of drug-likeness (QED) is 0.649. The molecule has 84 valence electrons. The van der Waals surface area contributed by atoms with Crippen molar-refractivity contribution in [3.63, 3.8) is 0 Å². The Kier molecular flexibility index (Phi) is 2.21. The van der Waals surface area contributed by atoms with Gasteiger partial charge in [0, 0.05) is 0 Å². The predicted molar refractivity (Wildman–Crippen MR) is 63.7 cm³/mol. The zero-order chi connectivity index (χ0) is 10.5. The first kappa shape index (κ1) is 9.89. The van der Waals surface area contributed by atoms with E-state index < -0.39 is 0 Å². The van der Waals surface area contributed by atoms with Gasteiger partial charge in [-0.2, -0.15) is 0 Å². The molecule has 2 unspecified atom stereocenters. The highest BCUT2D eigenvalue weighted by Gasteiger charge is 2.52. The Morgan fingerprint density at radius 2 is 2.00 bits per heavy atom. The van der Waals surface area contributed by atoms with Crippen molar-refractivity contribution >= 4 is 0 Å². The molecule has 15 heavy (non-hydrogen) atoms. The van der Waals surface area contributed by atoms with E-state index in [1.807, 2.05) is 5.57 Å². The van der Waals surface area contributed by atoms with E-state index in [1.165, 1.54) is 38.8 Å². The van der Waals surface area contributed by atoms with E-state index in [0.717, 1.165) is 17.8 Å². The predicted octanol–water partition coefficient (Wildman–Crippen LogP) is 2.98. The first-order chi connectivity index (χ1) is 7.19. The molecule has 1 N–H and O–H groups in total. The van der Waals surface area contributed by atoms with Gasteiger partial charge in [-0.15, -0.1) is 0 Å². The van der Waals surface area contributed by atoms with Gasteiger partial charge < -0.3 is 5.32 Å². The SMILES string of the molecule is CC1(C)C2CC=C(C3CCNCC3)C1C2. The molecular formula is C14H23N. The maximum Gasteiger partial charge on any atom is -0.00432 e. The van der Waals surface area contributed by atoms with Crippen molar-refractivity contribution < 1.29 is 0 Å². The van der Waals surface area contributed by atoms with Crippen LogP contribution >= 0.6 is 0 Å². The smallest absolute Gasteiger partial charge is 0.00432 e. The molecule has 0 aromatic carbocycles. The van der Waals surface area contributed by atoms with Crippen LogP contribution in [0.3, 0.4) is 0 Å². The third-order valence-corrected chi connectivity index (χ3v) is 5.32. The molecule has 0 spiro atoms. The summed E-state index contributed by atoms with van der Waals surface area (Å²) in [5, 5.41) is 3.47. The summed E-state index contributed by atoms with van der Waals surface area (Å²) in [6.07, 6.45) is 8.21. The second-order valence-corrected chi connectivity index (χ2v) is 6.27. The normalized spacial score (nSPS) is 39.5. The largest absolute Gasteiger partial charge is 0.317 e. The molecular weight excluding hydrogens is 182 g/mol. The van der Waals surface area contributed by atoms with E-state index >= 15 is 0 Å². The van der Waals surface area contributed by atoms with E-state index in [4.69, 9.17) is 0 Å². The second-order valence-electron chi connectivity index (χ2n) is 6.27. The zero-order valence-electron chi connectivity index (χ0n) is 10.1.